The van der Waals surface area contributed by atoms with Crippen LogP contribution in [0.4, 0.5) is 0 Å². The lowest BCUT2D eigenvalue weighted by Crippen LogP contribution is -2.34. The zero-order valence-electron chi connectivity index (χ0n) is 7.51. The van der Waals surface area contributed by atoms with Gasteiger partial charge in [-0.25, -0.2) is 0 Å². The Morgan fingerprint density at radius 2 is 2.31 bits per heavy atom. The summed E-state index contributed by atoms with van der Waals surface area (Å²) in [5.74, 6) is 0.909. The Bertz CT molecular complexity index is 310. The van der Waals surface area contributed by atoms with Gasteiger partial charge in [0.15, 0.2) is 0 Å². The van der Waals surface area contributed by atoms with Crippen molar-refractivity contribution in [1.82, 2.24) is 5.32 Å². The topological polar surface area (TPSA) is 21.3 Å². The lowest BCUT2D eigenvalue weighted by molar-refractivity contribution is 0.377. The van der Waals surface area contributed by atoms with Gasteiger partial charge in [0.05, 0.1) is 11.6 Å². The van der Waals surface area contributed by atoms with E-state index in [9.17, 15) is 0 Å². The molecule has 0 unspecified atom stereocenters. The van der Waals surface area contributed by atoms with Crippen LogP contribution in [-0.2, 0) is 0 Å². The summed E-state index contributed by atoms with van der Waals surface area (Å²) >= 11 is 3.43. The van der Waals surface area contributed by atoms with E-state index in [1.54, 1.807) is 7.11 Å². The zero-order valence-corrected chi connectivity index (χ0v) is 9.10. The molecular formula is C10H12BrNO. The van der Waals surface area contributed by atoms with Crippen molar-refractivity contribution in [2.45, 2.75) is 12.5 Å². The van der Waals surface area contributed by atoms with Crippen molar-refractivity contribution in [3.8, 4) is 5.75 Å². The van der Waals surface area contributed by atoms with Crippen LogP contribution in [0.5, 0.6) is 5.75 Å². The summed E-state index contributed by atoms with van der Waals surface area (Å²) in [6.07, 6.45) is 1.23. The predicted molar refractivity (Wildman–Crippen MR) is 56.1 cm³/mol. The molecule has 0 saturated carbocycles. The average molecular weight is 242 g/mol. The van der Waals surface area contributed by atoms with Crippen molar-refractivity contribution < 1.29 is 4.74 Å². The average Bonchev–Trinajstić information content (AvgIpc) is 2.05. The molecule has 1 heterocycles. The van der Waals surface area contributed by atoms with Crippen LogP contribution in [0.1, 0.15) is 18.0 Å². The van der Waals surface area contributed by atoms with E-state index in [2.05, 4.69) is 33.4 Å². The van der Waals surface area contributed by atoms with Crippen molar-refractivity contribution in [1.29, 1.82) is 0 Å². The maximum Gasteiger partial charge on any atom is 0.133 e. The first-order chi connectivity index (χ1) is 6.31. The standard InChI is InChI=1S/C10H12BrNO/c1-13-10-6-7(2-3-8(10)11)9-4-5-12-9/h2-3,6,9,12H,4-5H2,1H3/t9-/m0/s1. The molecule has 2 nitrogen and oxygen atoms in total. The third kappa shape index (κ3) is 1.71. The van der Waals surface area contributed by atoms with E-state index in [1.165, 1.54) is 12.0 Å². The molecule has 0 aromatic heterocycles. The van der Waals surface area contributed by atoms with Gasteiger partial charge < -0.3 is 10.1 Å². The van der Waals surface area contributed by atoms with E-state index in [0.29, 0.717) is 6.04 Å². The fraction of sp³-hybridized carbons (Fsp3) is 0.400. The Kier molecular flexibility index (Phi) is 2.56. The van der Waals surface area contributed by atoms with Crippen molar-refractivity contribution in [3.05, 3.63) is 28.2 Å². The largest absolute Gasteiger partial charge is 0.496 e. The van der Waals surface area contributed by atoms with Crippen LogP contribution in [0.25, 0.3) is 0 Å². The summed E-state index contributed by atoms with van der Waals surface area (Å²) in [4.78, 5) is 0. The first kappa shape index (κ1) is 9.03. The summed E-state index contributed by atoms with van der Waals surface area (Å²) in [7, 11) is 1.69. The molecule has 1 aliphatic rings. The molecule has 0 radical (unpaired) electrons. The van der Waals surface area contributed by atoms with Crippen molar-refractivity contribution >= 4 is 15.9 Å². The minimum atomic E-state index is 0.530. The van der Waals surface area contributed by atoms with E-state index in [-0.39, 0.29) is 0 Å². The van der Waals surface area contributed by atoms with Gasteiger partial charge in [-0.1, -0.05) is 6.07 Å². The second kappa shape index (κ2) is 3.68. The number of hydrogen-bond donors (Lipinski definition) is 1. The predicted octanol–water partition coefficient (Wildman–Crippen LogP) is 2.49. The number of halogens is 1. The highest BCUT2D eigenvalue weighted by Crippen LogP contribution is 2.31. The first-order valence-electron chi connectivity index (χ1n) is 4.38. The van der Waals surface area contributed by atoms with Crippen LogP contribution in [0.15, 0.2) is 22.7 Å². The van der Waals surface area contributed by atoms with Crippen LogP contribution in [0, 0.1) is 0 Å². The Morgan fingerprint density at radius 3 is 2.85 bits per heavy atom. The lowest BCUT2D eigenvalue weighted by atomic mass is 9.98. The summed E-state index contributed by atoms with van der Waals surface area (Å²) in [6.45, 7) is 1.13. The molecule has 1 N–H and O–H groups in total. The number of methoxy groups -OCH3 is 1. The van der Waals surface area contributed by atoms with Gasteiger partial charge in [0.2, 0.25) is 0 Å². The molecule has 13 heavy (non-hydrogen) atoms. The number of rotatable bonds is 2. The molecule has 0 bridgehead atoms. The number of nitrogens with one attached hydrogen (secondary N) is 1. The van der Waals surface area contributed by atoms with Crippen LogP contribution >= 0.6 is 15.9 Å². The van der Waals surface area contributed by atoms with Crippen LogP contribution in [0.2, 0.25) is 0 Å². The van der Waals surface area contributed by atoms with E-state index in [1.807, 2.05) is 6.07 Å². The molecule has 3 heteroatoms. The van der Waals surface area contributed by atoms with Crippen molar-refractivity contribution in [3.63, 3.8) is 0 Å². The van der Waals surface area contributed by atoms with Gasteiger partial charge in [-0.05, 0) is 46.6 Å². The maximum atomic E-state index is 5.23. The SMILES string of the molecule is COc1cc([C@@H]2CCN2)ccc1Br. The highest BCUT2D eigenvalue weighted by Gasteiger charge is 2.19. The first-order valence-corrected chi connectivity index (χ1v) is 5.17. The third-order valence-electron chi connectivity index (χ3n) is 2.40. The summed E-state index contributed by atoms with van der Waals surface area (Å²) < 4.78 is 6.24. The van der Waals surface area contributed by atoms with E-state index < -0.39 is 0 Å². The Labute approximate surface area is 86.4 Å². The Hall–Kier alpha value is -0.540. The molecule has 1 aliphatic heterocycles. The molecule has 1 fully saturated rings. The zero-order chi connectivity index (χ0) is 9.26. The number of ether oxygens (including phenoxy) is 1. The molecule has 1 aromatic rings. The normalized spacial score (nSPS) is 20.9. The highest BCUT2D eigenvalue weighted by molar-refractivity contribution is 9.10. The summed E-state index contributed by atoms with van der Waals surface area (Å²) in [6, 6.07) is 6.78. The van der Waals surface area contributed by atoms with Gasteiger partial charge in [-0.3, -0.25) is 0 Å². The van der Waals surface area contributed by atoms with Crippen LogP contribution in [-0.4, -0.2) is 13.7 Å². The lowest BCUT2D eigenvalue weighted by Gasteiger charge is -2.28. The quantitative estimate of drug-likeness (QED) is 0.860. The molecular weight excluding hydrogens is 230 g/mol. The second-order valence-electron chi connectivity index (χ2n) is 3.19. The number of benzene rings is 1. The fourth-order valence-electron chi connectivity index (χ4n) is 1.47. The van der Waals surface area contributed by atoms with Gasteiger partial charge in [0, 0.05) is 6.04 Å². The Morgan fingerprint density at radius 1 is 1.54 bits per heavy atom. The van der Waals surface area contributed by atoms with Crippen LogP contribution in [0.3, 0.4) is 0 Å². The molecule has 0 aliphatic carbocycles. The summed E-state index contributed by atoms with van der Waals surface area (Å²) in [5, 5.41) is 3.36. The van der Waals surface area contributed by atoms with Crippen molar-refractivity contribution in [2.75, 3.05) is 13.7 Å². The molecule has 1 aromatic carbocycles. The van der Waals surface area contributed by atoms with Crippen LogP contribution < -0.4 is 10.1 Å². The maximum absolute atomic E-state index is 5.23. The molecule has 1 atom stereocenters. The molecule has 2 rings (SSSR count). The second-order valence-corrected chi connectivity index (χ2v) is 4.04. The Balaban J connectivity index is 2.26. The minimum Gasteiger partial charge on any atom is -0.496 e. The highest BCUT2D eigenvalue weighted by atomic mass is 79.9. The molecule has 0 amide bonds. The molecule has 70 valence electrons. The van der Waals surface area contributed by atoms with E-state index >= 15 is 0 Å². The molecule has 0 spiro atoms. The van der Waals surface area contributed by atoms with E-state index in [4.69, 9.17) is 4.74 Å². The van der Waals surface area contributed by atoms with Gasteiger partial charge in [-0.15, -0.1) is 0 Å². The van der Waals surface area contributed by atoms with Crippen molar-refractivity contribution in [2.24, 2.45) is 0 Å². The minimum absolute atomic E-state index is 0.530. The molecule has 1 saturated heterocycles. The monoisotopic (exact) mass is 241 g/mol. The number of hydrogen-bond acceptors (Lipinski definition) is 2. The van der Waals surface area contributed by atoms with Gasteiger partial charge in [-0.2, -0.15) is 0 Å². The van der Waals surface area contributed by atoms with Gasteiger partial charge in [0.1, 0.15) is 5.75 Å². The van der Waals surface area contributed by atoms with Gasteiger partial charge >= 0.3 is 0 Å². The third-order valence-corrected chi connectivity index (χ3v) is 3.06. The smallest absolute Gasteiger partial charge is 0.133 e. The van der Waals surface area contributed by atoms with Gasteiger partial charge in [0.25, 0.3) is 0 Å². The van der Waals surface area contributed by atoms with E-state index in [0.717, 1.165) is 16.8 Å². The summed E-state index contributed by atoms with van der Waals surface area (Å²) in [5.41, 5.74) is 1.31. The fourth-order valence-corrected chi connectivity index (χ4v) is 1.87.